The molecule has 0 bridgehead atoms. The van der Waals surface area contributed by atoms with Gasteiger partial charge in [-0.15, -0.1) is 0 Å². The predicted molar refractivity (Wildman–Crippen MR) is 77.4 cm³/mol. The second-order valence-electron chi connectivity index (χ2n) is 4.74. The molecule has 0 amide bonds. The Hall–Kier alpha value is -1.92. The van der Waals surface area contributed by atoms with E-state index in [1.807, 2.05) is 0 Å². The van der Waals surface area contributed by atoms with Crippen LogP contribution >= 0.6 is 7.14 Å². The lowest BCUT2D eigenvalue weighted by Gasteiger charge is -2.25. The maximum absolute atomic E-state index is 12.0. The lowest BCUT2D eigenvalue weighted by atomic mass is 10.1. The predicted octanol–water partition coefficient (Wildman–Crippen LogP) is -0.724. The summed E-state index contributed by atoms with van der Waals surface area (Å²) in [4.78, 5) is 12.5. The third-order valence-electron chi connectivity index (χ3n) is 2.73. The minimum atomic E-state index is -2.54. The highest BCUT2D eigenvalue weighted by Gasteiger charge is 2.33. The Labute approximate surface area is 116 Å². The molecule has 1 aliphatic rings. The third kappa shape index (κ3) is 2.66. The van der Waals surface area contributed by atoms with Crippen molar-refractivity contribution in [3.63, 3.8) is 0 Å². The van der Waals surface area contributed by atoms with E-state index in [1.165, 1.54) is 13.3 Å². The van der Waals surface area contributed by atoms with E-state index in [1.54, 1.807) is 25.6 Å². The summed E-state index contributed by atoms with van der Waals surface area (Å²) in [6.45, 7) is 3.21. The first-order valence-corrected chi connectivity index (χ1v) is 8.42. The van der Waals surface area contributed by atoms with E-state index in [9.17, 15) is 4.57 Å². The number of hydrogen-bond donors (Lipinski definition) is 3. The lowest BCUT2D eigenvalue weighted by Crippen LogP contribution is -2.43. The van der Waals surface area contributed by atoms with E-state index in [0.717, 1.165) is 0 Å². The molecule has 0 aromatic carbocycles. The van der Waals surface area contributed by atoms with Gasteiger partial charge in [0.1, 0.15) is 18.3 Å². The van der Waals surface area contributed by atoms with E-state index in [4.69, 9.17) is 16.2 Å². The second kappa shape index (κ2) is 4.88. The fraction of sp³-hybridized carbons (Fsp3) is 0.364. The molecule has 2 heterocycles. The molecule has 0 fully saturated rings. The summed E-state index contributed by atoms with van der Waals surface area (Å²) in [5, 5.41) is 2.71. The average Bonchev–Trinajstić information content (AvgIpc) is 2.36. The van der Waals surface area contributed by atoms with Crippen LogP contribution in [0.3, 0.4) is 0 Å². The van der Waals surface area contributed by atoms with Crippen LogP contribution < -0.4 is 27.0 Å². The number of methoxy groups -OCH3 is 1. The minimum absolute atomic E-state index is 0.166. The summed E-state index contributed by atoms with van der Waals surface area (Å²) in [5.74, 6) is 0.344. The molecule has 0 radical (unpaired) electrons. The highest BCUT2D eigenvalue weighted by atomic mass is 31.2. The van der Waals surface area contributed by atoms with Gasteiger partial charge in [0.05, 0.1) is 13.3 Å². The number of nitrogens with one attached hydrogen (secondary N) is 1. The molecule has 20 heavy (non-hydrogen) atoms. The van der Waals surface area contributed by atoms with Crippen molar-refractivity contribution in [2.24, 2.45) is 16.5 Å². The van der Waals surface area contributed by atoms with Gasteiger partial charge in [-0.3, -0.25) is 5.73 Å². The van der Waals surface area contributed by atoms with Gasteiger partial charge in [0.25, 0.3) is 0 Å². The van der Waals surface area contributed by atoms with Gasteiger partial charge >= 0.3 is 0 Å². The summed E-state index contributed by atoms with van der Waals surface area (Å²) < 4.78 is 17.2. The smallest absolute Gasteiger partial charge is 0.240 e. The maximum Gasteiger partial charge on any atom is 0.240 e. The molecule has 5 N–H and O–H groups in total. The van der Waals surface area contributed by atoms with Crippen LogP contribution in [0.15, 0.2) is 23.5 Å². The molecule has 0 saturated carbocycles. The van der Waals surface area contributed by atoms with E-state index in [-0.39, 0.29) is 11.8 Å². The zero-order valence-electron chi connectivity index (χ0n) is 11.5. The largest absolute Gasteiger partial charge is 0.480 e. The first-order valence-electron chi connectivity index (χ1n) is 5.82. The number of aromatic nitrogens is 2. The van der Waals surface area contributed by atoms with Crippen molar-refractivity contribution in [3.05, 3.63) is 24.2 Å². The molecular formula is C11H17N6O2P. The number of hydrogen-bond acceptors (Lipinski definition) is 8. The summed E-state index contributed by atoms with van der Waals surface area (Å²) in [5.41, 5.74) is 11.2. The normalized spacial score (nSPS) is 22.1. The van der Waals surface area contributed by atoms with E-state index in [2.05, 4.69) is 20.3 Å². The minimum Gasteiger partial charge on any atom is -0.480 e. The van der Waals surface area contributed by atoms with E-state index < -0.39 is 12.8 Å². The van der Waals surface area contributed by atoms with Crippen molar-refractivity contribution in [1.29, 1.82) is 0 Å². The molecule has 9 heteroatoms. The van der Waals surface area contributed by atoms with Crippen molar-refractivity contribution in [2.75, 3.05) is 20.4 Å². The van der Waals surface area contributed by atoms with E-state index in [0.29, 0.717) is 11.1 Å². The molecule has 0 aliphatic carbocycles. The van der Waals surface area contributed by atoms with Crippen molar-refractivity contribution in [1.82, 2.24) is 15.3 Å². The molecule has 2 rings (SSSR count). The maximum atomic E-state index is 12.0. The fourth-order valence-corrected chi connectivity index (χ4v) is 2.36. The Morgan fingerprint density at radius 2 is 2.15 bits per heavy atom. The van der Waals surface area contributed by atoms with Gasteiger partial charge in [0, 0.05) is 6.20 Å². The molecule has 1 unspecified atom stereocenters. The van der Waals surface area contributed by atoms with Crippen LogP contribution in [-0.2, 0) is 10.2 Å². The Balaban J connectivity index is 2.56. The van der Waals surface area contributed by atoms with Crippen LogP contribution in [0.1, 0.15) is 5.69 Å². The monoisotopic (exact) mass is 296 g/mol. The number of rotatable bonds is 3. The van der Waals surface area contributed by atoms with Crippen molar-refractivity contribution >= 4 is 18.5 Å². The average molecular weight is 296 g/mol. The number of ether oxygens (including phenoxy) is 1. The van der Waals surface area contributed by atoms with E-state index >= 15 is 0 Å². The summed E-state index contributed by atoms with van der Waals surface area (Å²) in [6, 6.07) is 0. The topological polar surface area (TPSA) is 129 Å². The Morgan fingerprint density at radius 3 is 2.70 bits per heavy atom. The number of guanidine groups is 1. The quantitative estimate of drug-likeness (QED) is 0.627. The van der Waals surface area contributed by atoms with Crippen LogP contribution in [-0.4, -0.2) is 36.4 Å². The van der Waals surface area contributed by atoms with Gasteiger partial charge in [-0.05, 0) is 19.4 Å². The molecular weight excluding hydrogens is 279 g/mol. The van der Waals surface area contributed by atoms with Crippen LogP contribution in [0.25, 0.3) is 0 Å². The molecule has 1 aromatic heterocycles. The zero-order chi connectivity index (χ0) is 15.0. The van der Waals surface area contributed by atoms with Crippen molar-refractivity contribution in [2.45, 2.75) is 5.66 Å². The molecule has 0 saturated heterocycles. The second-order valence-corrected chi connectivity index (χ2v) is 7.90. The summed E-state index contributed by atoms with van der Waals surface area (Å²) in [6.07, 6.45) is 4.59. The molecule has 0 spiro atoms. The van der Waals surface area contributed by atoms with Crippen LogP contribution in [0.4, 0.5) is 0 Å². The molecule has 108 valence electrons. The molecule has 8 nitrogen and oxygen atoms in total. The fourth-order valence-electron chi connectivity index (χ4n) is 1.69. The Morgan fingerprint density at radius 1 is 1.45 bits per heavy atom. The van der Waals surface area contributed by atoms with Gasteiger partial charge in [0.15, 0.2) is 11.6 Å². The Bertz CT molecular complexity index is 638. The van der Waals surface area contributed by atoms with Crippen molar-refractivity contribution < 1.29 is 9.30 Å². The van der Waals surface area contributed by atoms with Gasteiger partial charge in [-0.2, -0.15) is 0 Å². The van der Waals surface area contributed by atoms with Gasteiger partial charge in [-0.25, -0.2) is 15.0 Å². The number of aliphatic imine (C=N–C) groups is 1. The first-order chi connectivity index (χ1) is 9.26. The Kier molecular flexibility index (Phi) is 3.54. The molecule has 1 aromatic rings. The summed E-state index contributed by atoms with van der Waals surface area (Å²) >= 11 is 0. The highest BCUT2D eigenvalue weighted by molar-refractivity contribution is 7.69. The third-order valence-corrected chi connectivity index (χ3v) is 4.05. The van der Waals surface area contributed by atoms with Gasteiger partial charge < -0.3 is 20.4 Å². The van der Waals surface area contributed by atoms with Crippen molar-refractivity contribution in [3.8, 4) is 5.88 Å². The van der Waals surface area contributed by atoms with Crippen LogP contribution in [0, 0.1) is 0 Å². The van der Waals surface area contributed by atoms with Gasteiger partial charge in [0.2, 0.25) is 5.88 Å². The van der Waals surface area contributed by atoms with Crippen LogP contribution in [0.5, 0.6) is 5.88 Å². The SMILES string of the molecule is COc1nc(P(C)(C)=O)cnc1C1(N)C=CNC(N)=N1. The molecule has 1 atom stereocenters. The first kappa shape index (κ1) is 14.5. The lowest BCUT2D eigenvalue weighted by molar-refractivity contribution is 0.376. The molecule has 1 aliphatic heterocycles. The highest BCUT2D eigenvalue weighted by Crippen LogP contribution is 2.35. The standard InChI is InChI=1S/C11H17N6O2P/c1-19-9-8(11(13)4-5-14-10(12)17-11)15-6-7(16-9)20(2,3)18/h4-6H,13H2,1-3H3,(H3,12,14,17). The number of nitrogens with two attached hydrogens (primary N) is 2. The number of nitrogens with zero attached hydrogens (tertiary/aromatic N) is 3. The van der Waals surface area contributed by atoms with Gasteiger partial charge in [-0.1, -0.05) is 0 Å². The zero-order valence-corrected chi connectivity index (χ0v) is 12.4. The van der Waals surface area contributed by atoms with Crippen LogP contribution in [0.2, 0.25) is 0 Å². The summed E-state index contributed by atoms with van der Waals surface area (Å²) in [7, 11) is -1.10.